The van der Waals surface area contributed by atoms with Crippen molar-refractivity contribution >= 4 is 38.3 Å². The first kappa shape index (κ1) is 12.4. The number of hydrogen-bond donors (Lipinski definition) is 0. The second-order valence-corrected chi connectivity index (χ2v) is 5.54. The van der Waals surface area contributed by atoms with Crippen molar-refractivity contribution in [3.05, 3.63) is 53.0 Å². The predicted molar refractivity (Wildman–Crippen MR) is 81.6 cm³/mol. The van der Waals surface area contributed by atoms with Crippen molar-refractivity contribution in [3.8, 4) is 0 Å². The molecule has 0 bridgehead atoms. The third-order valence-corrected chi connectivity index (χ3v) is 4.43. The first-order chi connectivity index (χ1) is 9.18. The number of rotatable bonds is 2. The number of hydrogen-bond acceptors (Lipinski definition) is 1. The van der Waals surface area contributed by atoms with Gasteiger partial charge >= 0.3 is 0 Å². The number of likely N-dealkylation sites (tertiary alicyclic amines) is 1. The molecule has 1 aliphatic heterocycles. The Labute approximate surface area is 120 Å². The lowest BCUT2D eigenvalue weighted by atomic mass is 10.0. The Bertz CT molecular complexity index is 678. The number of nitrogens with zero attached hydrogens (tertiary/aromatic N) is 1. The zero-order valence-electron chi connectivity index (χ0n) is 10.5. The maximum Gasteiger partial charge on any atom is 0.227 e. The fraction of sp³-hybridized carbons (Fsp3) is 0.188. The Morgan fingerprint density at radius 3 is 2.74 bits per heavy atom. The molecule has 3 rings (SSSR count). The van der Waals surface area contributed by atoms with Crippen LogP contribution in [0.5, 0.6) is 0 Å². The highest BCUT2D eigenvalue weighted by atomic mass is 79.9. The van der Waals surface area contributed by atoms with Crippen LogP contribution in [-0.2, 0) is 4.79 Å². The summed E-state index contributed by atoms with van der Waals surface area (Å²) in [6, 6.07) is 12.3. The number of halogens is 1. The summed E-state index contributed by atoms with van der Waals surface area (Å²) in [5.74, 6) is 0.171. The Balaban J connectivity index is 2.08. The standard InChI is InChI=1S/C16H14BrNO/c1-11(18-10-4-7-15(18)19)13-9-8-12-5-2-3-6-14(12)16(13)17/h2-3,5-6,8-9H,1,4,7,10H2. The van der Waals surface area contributed by atoms with Crippen molar-refractivity contribution in [2.45, 2.75) is 12.8 Å². The fourth-order valence-electron chi connectivity index (χ4n) is 2.54. The van der Waals surface area contributed by atoms with Gasteiger partial charge in [-0.2, -0.15) is 0 Å². The topological polar surface area (TPSA) is 20.3 Å². The van der Waals surface area contributed by atoms with E-state index >= 15 is 0 Å². The normalized spacial score (nSPS) is 15.2. The van der Waals surface area contributed by atoms with E-state index < -0.39 is 0 Å². The zero-order chi connectivity index (χ0) is 13.4. The summed E-state index contributed by atoms with van der Waals surface area (Å²) in [6.45, 7) is 4.87. The summed E-state index contributed by atoms with van der Waals surface area (Å²) in [5, 5.41) is 2.33. The van der Waals surface area contributed by atoms with Crippen molar-refractivity contribution in [1.82, 2.24) is 4.90 Å². The molecule has 0 radical (unpaired) electrons. The van der Waals surface area contributed by atoms with Crippen LogP contribution in [0.2, 0.25) is 0 Å². The molecule has 0 aliphatic carbocycles. The van der Waals surface area contributed by atoms with Gasteiger partial charge in [-0.1, -0.05) is 43.0 Å². The Kier molecular flexibility index (Phi) is 3.15. The van der Waals surface area contributed by atoms with Crippen LogP contribution in [-0.4, -0.2) is 17.4 Å². The summed E-state index contributed by atoms with van der Waals surface area (Å²) in [7, 11) is 0. The molecule has 0 atom stereocenters. The van der Waals surface area contributed by atoms with E-state index in [4.69, 9.17) is 0 Å². The Morgan fingerprint density at radius 2 is 2.00 bits per heavy atom. The minimum atomic E-state index is 0.171. The molecule has 1 heterocycles. The van der Waals surface area contributed by atoms with E-state index in [0.717, 1.165) is 34.1 Å². The van der Waals surface area contributed by atoms with Crippen LogP contribution < -0.4 is 0 Å². The maximum atomic E-state index is 11.8. The molecular formula is C16H14BrNO. The predicted octanol–water partition coefficient (Wildman–Crippen LogP) is 4.20. The average Bonchev–Trinajstić information content (AvgIpc) is 2.85. The van der Waals surface area contributed by atoms with Crippen molar-refractivity contribution < 1.29 is 4.79 Å². The SMILES string of the molecule is C=C(c1ccc2ccccc2c1Br)N1CCCC1=O. The molecule has 0 N–H and O–H groups in total. The molecular weight excluding hydrogens is 302 g/mol. The van der Waals surface area contributed by atoms with Gasteiger partial charge in [0.2, 0.25) is 5.91 Å². The van der Waals surface area contributed by atoms with Gasteiger partial charge in [-0.25, -0.2) is 0 Å². The van der Waals surface area contributed by atoms with Crippen LogP contribution >= 0.6 is 15.9 Å². The molecule has 1 saturated heterocycles. The van der Waals surface area contributed by atoms with Crippen molar-refractivity contribution in [1.29, 1.82) is 0 Å². The molecule has 1 aliphatic rings. The largest absolute Gasteiger partial charge is 0.312 e. The Morgan fingerprint density at radius 1 is 1.21 bits per heavy atom. The molecule has 2 aromatic rings. The highest BCUT2D eigenvalue weighted by Gasteiger charge is 2.24. The number of carbonyl (C=O) groups is 1. The van der Waals surface area contributed by atoms with Gasteiger partial charge in [0.05, 0.1) is 0 Å². The van der Waals surface area contributed by atoms with E-state index in [1.807, 2.05) is 18.2 Å². The van der Waals surface area contributed by atoms with E-state index in [2.05, 4.69) is 40.7 Å². The average molecular weight is 316 g/mol. The van der Waals surface area contributed by atoms with Gasteiger partial charge in [0.25, 0.3) is 0 Å². The molecule has 2 aromatic carbocycles. The molecule has 3 heteroatoms. The van der Waals surface area contributed by atoms with E-state index in [1.165, 1.54) is 5.39 Å². The minimum Gasteiger partial charge on any atom is -0.312 e. The third-order valence-electron chi connectivity index (χ3n) is 3.57. The quantitative estimate of drug-likeness (QED) is 0.813. The van der Waals surface area contributed by atoms with Crippen LogP contribution in [0.3, 0.4) is 0 Å². The van der Waals surface area contributed by atoms with E-state index in [-0.39, 0.29) is 5.91 Å². The molecule has 1 fully saturated rings. The number of carbonyl (C=O) groups excluding carboxylic acids is 1. The highest BCUT2D eigenvalue weighted by molar-refractivity contribution is 9.10. The van der Waals surface area contributed by atoms with E-state index in [0.29, 0.717) is 6.42 Å². The monoisotopic (exact) mass is 315 g/mol. The van der Waals surface area contributed by atoms with Gasteiger partial charge in [-0.15, -0.1) is 0 Å². The molecule has 19 heavy (non-hydrogen) atoms. The van der Waals surface area contributed by atoms with Crippen molar-refractivity contribution in [2.24, 2.45) is 0 Å². The minimum absolute atomic E-state index is 0.171. The lowest BCUT2D eigenvalue weighted by molar-refractivity contribution is -0.124. The summed E-state index contributed by atoms with van der Waals surface area (Å²) in [4.78, 5) is 13.6. The van der Waals surface area contributed by atoms with Gasteiger partial charge in [0.1, 0.15) is 0 Å². The smallest absolute Gasteiger partial charge is 0.227 e. The third kappa shape index (κ3) is 2.08. The second-order valence-electron chi connectivity index (χ2n) is 4.74. The molecule has 1 amide bonds. The van der Waals surface area contributed by atoms with Crippen LogP contribution in [0.1, 0.15) is 18.4 Å². The molecule has 0 aromatic heterocycles. The molecule has 0 spiro atoms. The van der Waals surface area contributed by atoms with Crippen LogP contribution in [0, 0.1) is 0 Å². The summed E-state index contributed by atoms with van der Waals surface area (Å²) < 4.78 is 1.01. The number of amides is 1. The van der Waals surface area contributed by atoms with Crippen molar-refractivity contribution in [2.75, 3.05) is 6.54 Å². The van der Waals surface area contributed by atoms with Gasteiger partial charge in [-0.05, 0) is 33.1 Å². The molecule has 2 nitrogen and oxygen atoms in total. The van der Waals surface area contributed by atoms with Crippen LogP contribution in [0.4, 0.5) is 0 Å². The summed E-state index contributed by atoms with van der Waals surface area (Å²) in [5.41, 5.74) is 1.79. The van der Waals surface area contributed by atoms with Gasteiger partial charge in [-0.3, -0.25) is 4.79 Å². The first-order valence-electron chi connectivity index (χ1n) is 6.35. The number of benzene rings is 2. The van der Waals surface area contributed by atoms with Crippen LogP contribution in [0.15, 0.2) is 47.4 Å². The van der Waals surface area contributed by atoms with Gasteiger partial charge < -0.3 is 4.90 Å². The first-order valence-corrected chi connectivity index (χ1v) is 7.14. The van der Waals surface area contributed by atoms with E-state index in [1.54, 1.807) is 4.90 Å². The van der Waals surface area contributed by atoms with Gasteiger partial charge in [0.15, 0.2) is 0 Å². The summed E-state index contributed by atoms with van der Waals surface area (Å²) >= 11 is 3.65. The van der Waals surface area contributed by atoms with Gasteiger partial charge in [0, 0.05) is 28.7 Å². The van der Waals surface area contributed by atoms with Crippen LogP contribution in [0.25, 0.3) is 16.5 Å². The molecule has 0 unspecified atom stereocenters. The lowest BCUT2D eigenvalue weighted by Crippen LogP contribution is -2.22. The zero-order valence-corrected chi connectivity index (χ0v) is 12.1. The van der Waals surface area contributed by atoms with E-state index in [9.17, 15) is 4.79 Å². The maximum absolute atomic E-state index is 11.8. The highest BCUT2D eigenvalue weighted by Crippen LogP contribution is 2.34. The Hall–Kier alpha value is -1.61. The molecule has 0 saturated carbocycles. The summed E-state index contributed by atoms with van der Waals surface area (Å²) in [6.07, 6.45) is 1.55. The lowest BCUT2D eigenvalue weighted by Gasteiger charge is -2.20. The second kappa shape index (κ2) is 4.82. The fourth-order valence-corrected chi connectivity index (χ4v) is 3.26. The molecule has 96 valence electrons. The number of fused-ring (bicyclic) bond motifs is 1. The van der Waals surface area contributed by atoms with Crippen molar-refractivity contribution in [3.63, 3.8) is 0 Å².